The molecule has 4 aromatic rings. The maximum atomic E-state index is 12.3. The molecule has 54 heavy (non-hydrogen) atoms. The van der Waals surface area contributed by atoms with Crippen LogP contribution < -0.4 is 27.8 Å². The Hall–Kier alpha value is -6.76. The summed E-state index contributed by atoms with van der Waals surface area (Å²) in [4.78, 5) is 47.5. The molecule has 0 unspecified atom stereocenters. The van der Waals surface area contributed by atoms with Crippen molar-refractivity contribution in [1.29, 1.82) is 0 Å². The smallest absolute Gasteiger partial charge is 0.329 e. The lowest BCUT2D eigenvalue weighted by Crippen LogP contribution is -2.53. The maximum Gasteiger partial charge on any atom is 0.329 e. The van der Waals surface area contributed by atoms with Gasteiger partial charge in [-0.25, -0.2) is 4.79 Å². The molecule has 3 amide bonds. The van der Waals surface area contributed by atoms with Crippen LogP contribution in [0.5, 0.6) is 0 Å². The number of hydrogen-bond acceptors (Lipinski definition) is 7. The molecule has 0 aliphatic heterocycles. The molecule has 0 aromatic heterocycles. The van der Waals surface area contributed by atoms with Crippen LogP contribution in [-0.2, 0) is 14.3 Å². The molecular weight excluding hydrogens is 683 g/mol. The number of nitrogens with one attached hydrogen (secondary N) is 2. The molecule has 0 saturated heterocycles. The van der Waals surface area contributed by atoms with Crippen molar-refractivity contribution in [2.75, 3.05) is 7.11 Å². The quantitative estimate of drug-likeness (QED) is 0.122. The number of ether oxygens (including phenoxy) is 1. The van der Waals surface area contributed by atoms with E-state index in [2.05, 4.69) is 39.1 Å². The Labute approximate surface area is 316 Å². The van der Waals surface area contributed by atoms with Gasteiger partial charge in [0.1, 0.15) is 12.1 Å². The second kappa shape index (κ2) is 22.9. The van der Waals surface area contributed by atoms with Crippen LogP contribution in [0.3, 0.4) is 0 Å². The van der Waals surface area contributed by atoms with E-state index in [0.29, 0.717) is 11.1 Å². The van der Waals surface area contributed by atoms with E-state index in [-0.39, 0.29) is 11.4 Å². The van der Waals surface area contributed by atoms with Crippen molar-refractivity contribution < 1.29 is 29.4 Å². The van der Waals surface area contributed by atoms with Gasteiger partial charge in [0.25, 0.3) is 11.8 Å². The third-order valence-electron chi connectivity index (χ3n) is 7.43. The van der Waals surface area contributed by atoms with Crippen molar-refractivity contribution in [3.63, 3.8) is 0 Å². The summed E-state index contributed by atoms with van der Waals surface area (Å²) in [6.45, 7) is 3.24. The van der Waals surface area contributed by atoms with E-state index in [1.165, 1.54) is 7.11 Å². The number of carbonyl (C=O) groups is 4. The third-order valence-corrected chi connectivity index (χ3v) is 7.43. The first-order valence-corrected chi connectivity index (χ1v) is 16.6. The van der Waals surface area contributed by atoms with Gasteiger partial charge in [-0.15, -0.1) is 0 Å². The van der Waals surface area contributed by atoms with Crippen LogP contribution in [0.2, 0.25) is 0 Å². The molecule has 11 heteroatoms. The molecule has 0 bridgehead atoms. The summed E-state index contributed by atoms with van der Waals surface area (Å²) in [5.74, 6) is 9.98. The maximum absolute atomic E-state index is 12.3. The van der Waals surface area contributed by atoms with Crippen LogP contribution in [0.1, 0.15) is 56.8 Å². The van der Waals surface area contributed by atoms with Crippen LogP contribution in [0.4, 0.5) is 0 Å². The molecule has 10 N–H and O–H groups in total. The highest BCUT2D eigenvalue weighted by Crippen LogP contribution is 2.09. The molecule has 0 saturated carbocycles. The lowest BCUT2D eigenvalue weighted by atomic mass is 10.1. The SMILES string of the molecule is COC(=O)[C@@H](NC(=O)c1ccc(/C=C/C#Cc2ccccc2)cc1)[C@@H](C)N.C[C@@H](N)[C@H](NC(=O)c1ccc(/C=C/C#Cc2ccccc2)cc1)C(N)=O.O. The highest BCUT2D eigenvalue weighted by atomic mass is 16.5. The first kappa shape index (κ1) is 43.4. The summed E-state index contributed by atoms with van der Waals surface area (Å²) in [7, 11) is 1.26. The van der Waals surface area contributed by atoms with E-state index in [4.69, 9.17) is 17.2 Å². The van der Waals surface area contributed by atoms with Gasteiger partial charge < -0.3 is 38.0 Å². The van der Waals surface area contributed by atoms with Crippen molar-refractivity contribution in [3.05, 3.63) is 155 Å². The first-order chi connectivity index (χ1) is 25.5. The number of methoxy groups -OCH3 is 1. The van der Waals surface area contributed by atoms with Crippen molar-refractivity contribution in [3.8, 4) is 23.7 Å². The zero-order chi connectivity index (χ0) is 38.6. The minimum absolute atomic E-state index is 0. The molecule has 4 atom stereocenters. The normalized spacial score (nSPS) is 12.4. The van der Waals surface area contributed by atoms with E-state index in [9.17, 15) is 19.2 Å². The van der Waals surface area contributed by atoms with Crippen molar-refractivity contribution in [2.24, 2.45) is 17.2 Å². The highest BCUT2D eigenvalue weighted by Gasteiger charge is 2.26. The largest absolute Gasteiger partial charge is 0.467 e. The molecule has 0 radical (unpaired) electrons. The minimum Gasteiger partial charge on any atom is -0.467 e. The van der Waals surface area contributed by atoms with Crippen molar-refractivity contribution in [2.45, 2.75) is 38.0 Å². The number of allylic oxidation sites excluding steroid dienone is 2. The van der Waals surface area contributed by atoms with Gasteiger partial charge in [-0.3, -0.25) is 14.4 Å². The fourth-order valence-corrected chi connectivity index (χ4v) is 4.50. The van der Waals surface area contributed by atoms with E-state index in [0.717, 1.165) is 22.3 Å². The Morgan fingerprint density at radius 3 is 1.31 bits per heavy atom. The van der Waals surface area contributed by atoms with Crippen molar-refractivity contribution in [1.82, 2.24) is 10.6 Å². The van der Waals surface area contributed by atoms with Gasteiger partial charge >= 0.3 is 5.97 Å². The number of primary amides is 1. The van der Waals surface area contributed by atoms with Crippen LogP contribution in [0.25, 0.3) is 12.2 Å². The number of carbonyl (C=O) groups excluding carboxylic acids is 4. The number of esters is 1. The molecule has 0 aliphatic carbocycles. The first-order valence-electron chi connectivity index (χ1n) is 16.6. The van der Waals surface area contributed by atoms with Gasteiger partial charge in [-0.2, -0.15) is 0 Å². The molecule has 0 spiro atoms. The van der Waals surface area contributed by atoms with E-state index < -0.39 is 42.0 Å². The second-order valence-electron chi connectivity index (χ2n) is 11.7. The molecular formula is C43H45N5O6. The standard InChI is InChI=1S/C22H22N2O3.C21H21N3O2.H2O/c1-16(23)20(22(26)27-2)24-21(25)19-14-12-18(13-15-19)11-7-6-10-17-8-4-3-5-9-17;1-15(22)19(20(23)25)24-21(26)18-13-11-17(12-14-18)10-6-5-9-16-7-3-2-4-8-16;/h3-5,7-9,11-16,20H,23H2,1-2H3,(H,24,25);2-4,6-8,10-15,19H,22H2,1H3,(H2,23,25)(H,24,26);1H2/b11-7+;10-6+;/t16-,20+;15-,19+;/m11./s1. The van der Waals surface area contributed by atoms with Crippen molar-refractivity contribution >= 4 is 35.8 Å². The summed E-state index contributed by atoms with van der Waals surface area (Å²) in [6.07, 6.45) is 7.22. The van der Waals surface area contributed by atoms with Gasteiger partial charge in [0, 0.05) is 34.3 Å². The zero-order valence-electron chi connectivity index (χ0n) is 30.3. The Morgan fingerprint density at radius 1 is 0.611 bits per heavy atom. The number of hydrogen-bond donors (Lipinski definition) is 5. The highest BCUT2D eigenvalue weighted by molar-refractivity contribution is 5.98. The number of benzene rings is 4. The lowest BCUT2D eigenvalue weighted by molar-refractivity contribution is -0.143. The molecule has 0 fully saturated rings. The minimum atomic E-state index is -0.907. The van der Waals surface area contributed by atoms with Crippen LogP contribution in [0.15, 0.2) is 121 Å². The van der Waals surface area contributed by atoms with Crippen LogP contribution >= 0.6 is 0 Å². The summed E-state index contributed by atoms with van der Waals surface area (Å²) in [5.41, 5.74) is 21.2. The Bertz CT molecular complexity index is 2000. The molecule has 4 rings (SSSR count). The lowest BCUT2D eigenvalue weighted by Gasteiger charge is -2.19. The molecule has 4 aromatic carbocycles. The van der Waals surface area contributed by atoms with Gasteiger partial charge in [-0.1, -0.05) is 84.3 Å². The molecule has 0 heterocycles. The average molecular weight is 728 g/mol. The number of amides is 3. The predicted octanol–water partition coefficient (Wildman–Crippen LogP) is 3.23. The Morgan fingerprint density at radius 2 is 0.981 bits per heavy atom. The molecule has 11 nitrogen and oxygen atoms in total. The van der Waals surface area contributed by atoms with E-state index in [1.807, 2.05) is 72.8 Å². The predicted molar refractivity (Wildman–Crippen MR) is 212 cm³/mol. The fraction of sp³-hybridized carbons (Fsp3) is 0.163. The Kier molecular flexibility index (Phi) is 18.4. The summed E-state index contributed by atoms with van der Waals surface area (Å²) < 4.78 is 4.66. The van der Waals surface area contributed by atoms with E-state index >= 15 is 0 Å². The fourth-order valence-electron chi connectivity index (χ4n) is 4.50. The number of rotatable bonds is 10. The van der Waals surface area contributed by atoms with Gasteiger partial charge in [0.05, 0.1) is 7.11 Å². The Balaban J connectivity index is 0.000000367. The average Bonchev–Trinajstić information content (AvgIpc) is 3.17. The third kappa shape index (κ3) is 14.8. The van der Waals surface area contributed by atoms with Gasteiger partial charge in [-0.05, 0) is 97.8 Å². The molecule has 278 valence electrons. The van der Waals surface area contributed by atoms with Crippen LogP contribution in [-0.4, -0.2) is 60.4 Å². The topological polar surface area (TPSA) is 211 Å². The molecule has 0 aliphatic rings. The second-order valence-corrected chi connectivity index (χ2v) is 11.7. The van der Waals surface area contributed by atoms with Gasteiger partial charge in [0.2, 0.25) is 5.91 Å². The summed E-state index contributed by atoms with van der Waals surface area (Å²) in [6, 6.07) is 30.3. The monoisotopic (exact) mass is 727 g/mol. The van der Waals surface area contributed by atoms with Gasteiger partial charge in [0.15, 0.2) is 0 Å². The number of nitrogens with two attached hydrogens (primary N) is 3. The summed E-state index contributed by atoms with van der Waals surface area (Å²) >= 11 is 0. The van der Waals surface area contributed by atoms with Crippen LogP contribution in [0, 0.1) is 23.7 Å². The summed E-state index contributed by atoms with van der Waals surface area (Å²) in [5, 5.41) is 5.14. The zero-order valence-corrected chi connectivity index (χ0v) is 30.3. The van der Waals surface area contributed by atoms with E-state index in [1.54, 1.807) is 74.5 Å².